The van der Waals surface area contributed by atoms with Crippen LogP contribution in [0.15, 0.2) is 42.7 Å². The number of piperidine rings is 1. The summed E-state index contributed by atoms with van der Waals surface area (Å²) in [4.78, 5) is 18.9. The van der Waals surface area contributed by atoms with E-state index in [4.69, 9.17) is 11.6 Å². The van der Waals surface area contributed by atoms with Crippen LogP contribution in [0.1, 0.15) is 57.0 Å². The Labute approximate surface area is 193 Å². The number of aromatic nitrogens is 3. The molecular formula is C24H30ClN5O2. The van der Waals surface area contributed by atoms with Gasteiger partial charge in [0.1, 0.15) is 0 Å². The molecule has 0 spiro atoms. The number of aliphatic hydroxyl groups excluding tert-OH is 1. The van der Waals surface area contributed by atoms with Crippen molar-refractivity contribution in [1.82, 2.24) is 25.4 Å². The van der Waals surface area contributed by atoms with Gasteiger partial charge in [-0.15, -0.1) is 0 Å². The Morgan fingerprint density at radius 2 is 2.06 bits per heavy atom. The minimum absolute atomic E-state index is 0.0750. The number of aromatic amines is 1. The molecule has 0 saturated carbocycles. The van der Waals surface area contributed by atoms with Crippen molar-refractivity contribution in [2.75, 3.05) is 13.1 Å². The smallest absolute Gasteiger partial charge is 0.317 e. The molecule has 0 unspecified atom stereocenters. The summed E-state index contributed by atoms with van der Waals surface area (Å²) < 4.78 is 0. The van der Waals surface area contributed by atoms with Crippen molar-refractivity contribution in [3.63, 3.8) is 0 Å². The monoisotopic (exact) mass is 455 g/mol. The topological polar surface area (TPSA) is 94.1 Å². The van der Waals surface area contributed by atoms with E-state index in [1.165, 1.54) is 0 Å². The molecule has 1 aliphatic rings. The van der Waals surface area contributed by atoms with Crippen LogP contribution in [0, 0.1) is 11.3 Å². The predicted molar refractivity (Wildman–Crippen MR) is 125 cm³/mol. The fraction of sp³-hybridized carbons (Fsp3) is 0.458. The summed E-state index contributed by atoms with van der Waals surface area (Å²) in [6.07, 6.45) is 4.38. The molecule has 4 rings (SSSR count). The van der Waals surface area contributed by atoms with Crippen LogP contribution in [-0.4, -0.2) is 44.3 Å². The van der Waals surface area contributed by atoms with Gasteiger partial charge >= 0.3 is 6.03 Å². The number of pyridine rings is 1. The lowest BCUT2D eigenvalue weighted by atomic mass is 9.68. The summed E-state index contributed by atoms with van der Waals surface area (Å²) in [5.41, 5.74) is 2.02. The normalized spacial score (nSPS) is 17.3. The highest BCUT2D eigenvalue weighted by atomic mass is 35.5. The molecule has 1 fully saturated rings. The van der Waals surface area contributed by atoms with Crippen LogP contribution in [0.2, 0.25) is 5.02 Å². The molecule has 0 bridgehead atoms. The number of likely N-dealkylation sites (tertiary alicyclic amines) is 1. The summed E-state index contributed by atoms with van der Waals surface area (Å²) in [5.74, 6) is 0.256. The molecule has 2 atom stereocenters. The predicted octanol–water partition coefficient (Wildman–Crippen LogP) is 4.85. The Bertz CT molecular complexity index is 1080. The van der Waals surface area contributed by atoms with E-state index >= 15 is 0 Å². The number of halogens is 1. The second kappa shape index (κ2) is 9.08. The average molecular weight is 456 g/mol. The zero-order chi connectivity index (χ0) is 22.9. The van der Waals surface area contributed by atoms with Gasteiger partial charge in [-0.1, -0.05) is 31.5 Å². The zero-order valence-electron chi connectivity index (χ0n) is 18.7. The fourth-order valence-corrected chi connectivity index (χ4v) is 4.93. The minimum Gasteiger partial charge on any atom is -0.388 e. The van der Waals surface area contributed by atoms with Gasteiger partial charge in [0.2, 0.25) is 0 Å². The first-order chi connectivity index (χ1) is 15.3. The van der Waals surface area contributed by atoms with Crippen molar-refractivity contribution in [2.24, 2.45) is 11.3 Å². The molecule has 1 saturated heterocycles. The van der Waals surface area contributed by atoms with Gasteiger partial charge < -0.3 is 15.3 Å². The Balaban J connectivity index is 1.40. The minimum atomic E-state index is -0.710. The van der Waals surface area contributed by atoms with Crippen LogP contribution in [0.25, 0.3) is 10.9 Å². The maximum atomic E-state index is 12.8. The number of hydrogen-bond acceptors (Lipinski definition) is 4. The van der Waals surface area contributed by atoms with Crippen molar-refractivity contribution in [2.45, 2.75) is 45.8 Å². The largest absolute Gasteiger partial charge is 0.388 e. The van der Waals surface area contributed by atoms with Crippen molar-refractivity contribution >= 4 is 28.5 Å². The molecule has 3 N–H and O–H groups in total. The Morgan fingerprint density at radius 3 is 2.75 bits per heavy atom. The molecule has 2 amide bonds. The van der Waals surface area contributed by atoms with Gasteiger partial charge in [-0.05, 0) is 55.4 Å². The van der Waals surface area contributed by atoms with Crippen molar-refractivity contribution in [1.29, 1.82) is 0 Å². The van der Waals surface area contributed by atoms with Crippen molar-refractivity contribution < 1.29 is 9.90 Å². The molecule has 170 valence electrons. The van der Waals surface area contributed by atoms with Gasteiger partial charge in [0.05, 0.1) is 29.6 Å². The number of carbonyl (C=O) groups excluding carboxylic acids is 1. The van der Waals surface area contributed by atoms with E-state index in [1.807, 2.05) is 42.2 Å². The number of urea groups is 1. The second-order valence-electron chi connectivity index (χ2n) is 9.24. The highest BCUT2D eigenvalue weighted by Gasteiger charge is 2.40. The molecular weight excluding hydrogens is 426 g/mol. The number of rotatable bonds is 5. The van der Waals surface area contributed by atoms with E-state index in [1.54, 1.807) is 12.4 Å². The summed E-state index contributed by atoms with van der Waals surface area (Å²) >= 11 is 6.29. The lowest BCUT2D eigenvalue weighted by Crippen LogP contribution is -2.47. The molecule has 0 radical (unpaired) electrons. The Kier molecular flexibility index (Phi) is 6.40. The summed E-state index contributed by atoms with van der Waals surface area (Å²) in [7, 11) is 0. The van der Waals surface area contributed by atoms with Gasteiger partial charge in [0.25, 0.3) is 0 Å². The molecule has 7 nitrogen and oxygen atoms in total. The van der Waals surface area contributed by atoms with Gasteiger partial charge in [-0.25, -0.2) is 4.79 Å². The highest BCUT2D eigenvalue weighted by Crippen LogP contribution is 2.46. The number of fused-ring (bicyclic) bond motifs is 1. The lowest BCUT2D eigenvalue weighted by Gasteiger charge is -2.43. The number of nitrogens with one attached hydrogen (secondary N) is 2. The highest BCUT2D eigenvalue weighted by molar-refractivity contribution is 6.31. The molecule has 32 heavy (non-hydrogen) atoms. The van der Waals surface area contributed by atoms with Gasteiger partial charge in [0.15, 0.2) is 0 Å². The van der Waals surface area contributed by atoms with Crippen LogP contribution in [-0.2, 0) is 0 Å². The SMILES string of the molecule is C[C@H](NC(=O)N1CCC(C(C)(C)[C@H](O)c2cc(Cl)cc3cn[nH]c23)CC1)c1ccccn1. The third-order valence-corrected chi connectivity index (χ3v) is 7.07. The zero-order valence-corrected chi connectivity index (χ0v) is 19.4. The molecule has 2 aromatic heterocycles. The number of nitrogens with zero attached hydrogens (tertiary/aromatic N) is 3. The van der Waals surface area contributed by atoms with E-state index in [0.29, 0.717) is 18.1 Å². The quantitative estimate of drug-likeness (QED) is 0.512. The van der Waals surface area contributed by atoms with Crippen LogP contribution in [0.3, 0.4) is 0 Å². The van der Waals surface area contributed by atoms with Crippen molar-refractivity contribution in [3.8, 4) is 0 Å². The van der Waals surface area contributed by atoms with Crippen LogP contribution in [0.5, 0.6) is 0 Å². The van der Waals surface area contributed by atoms with Crippen LogP contribution >= 0.6 is 11.6 Å². The number of benzene rings is 1. The fourth-order valence-electron chi connectivity index (χ4n) is 4.70. The number of aliphatic hydroxyl groups is 1. The van der Waals surface area contributed by atoms with E-state index in [2.05, 4.69) is 34.3 Å². The second-order valence-corrected chi connectivity index (χ2v) is 9.68. The maximum absolute atomic E-state index is 12.8. The van der Waals surface area contributed by atoms with E-state index in [-0.39, 0.29) is 18.0 Å². The van der Waals surface area contributed by atoms with E-state index in [0.717, 1.165) is 35.0 Å². The van der Waals surface area contributed by atoms with Gasteiger partial charge in [0, 0.05) is 35.3 Å². The third kappa shape index (κ3) is 4.45. The summed E-state index contributed by atoms with van der Waals surface area (Å²) in [6, 6.07) is 9.12. The summed E-state index contributed by atoms with van der Waals surface area (Å²) in [5, 5.41) is 23.0. The Hall–Kier alpha value is -2.64. The van der Waals surface area contributed by atoms with Crippen LogP contribution < -0.4 is 5.32 Å². The number of amides is 2. The average Bonchev–Trinajstić information content (AvgIpc) is 3.27. The first kappa shape index (κ1) is 22.6. The van der Waals surface area contributed by atoms with Crippen LogP contribution in [0.4, 0.5) is 4.79 Å². The summed E-state index contributed by atoms with van der Waals surface area (Å²) in [6.45, 7) is 7.41. The lowest BCUT2D eigenvalue weighted by molar-refractivity contribution is -0.0144. The molecule has 8 heteroatoms. The molecule has 3 heterocycles. The number of hydrogen-bond donors (Lipinski definition) is 3. The molecule has 1 aromatic carbocycles. The molecule has 3 aromatic rings. The Morgan fingerprint density at radius 1 is 1.31 bits per heavy atom. The standard InChI is InChI=1S/C24H30ClN5O2/c1-15(20-6-4-5-9-26-20)28-23(32)30-10-7-17(8-11-30)24(2,3)22(31)19-13-18(25)12-16-14-27-29-21(16)19/h4-6,9,12-15,17,22,31H,7-8,10-11H2,1-3H3,(H,27,29)(H,28,32)/t15-,22+/m0/s1. The van der Waals surface area contributed by atoms with Gasteiger partial charge in [-0.2, -0.15) is 5.10 Å². The first-order valence-electron chi connectivity index (χ1n) is 11.0. The third-order valence-electron chi connectivity index (χ3n) is 6.85. The van der Waals surface area contributed by atoms with Crippen molar-refractivity contribution in [3.05, 3.63) is 59.0 Å². The van der Waals surface area contributed by atoms with E-state index in [9.17, 15) is 9.90 Å². The first-order valence-corrected chi connectivity index (χ1v) is 11.4. The molecule has 1 aliphatic heterocycles. The van der Waals surface area contributed by atoms with Gasteiger partial charge in [-0.3, -0.25) is 10.1 Å². The number of H-pyrrole nitrogens is 1. The molecule has 0 aliphatic carbocycles. The van der Waals surface area contributed by atoms with E-state index < -0.39 is 11.5 Å². The maximum Gasteiger partial charge on any atom is 0.317 e. The number of carbonyl (C=O) groups is 1.